The minimum atomic E-state index is -0.504. The summed E-state index contributed by atoms with van der Waals surface area (Å²) in [4.78, 5) is 14.8. The third kappa shape index (κ3) is 2.15. The molecule has 2 heterocycles. The number of fused-ring (bicyclic) bond motifs is 1. The molecular formula is C18H23N3O. The lowest BCUT2D eigenvalue weighted by Gasteiger charge is -2.47. The van der Waals surface area contributed by atoms with Gasteiger partial charge in [0.2, 0.25) is 0 Å². The number of rotatable bonds is 3. The van der Waals surface area contributed by atoms with Crippen LogP contribution in [0.4, 0.5) is 0 Å². The van der Waals surface area contributed by atoms with Crippen molar-refractivity contribution in [3.63, 3.8) is 0 Å². The maximum atomic E-state index is 12.9. The second kappa shape index (κ2) is 5.61. The van der Waals surface area contributed by atoms with Crippen molar-refractivity contribution in [3.05, 3.63) is 59.5 Å². The summed E-state index contributed by atoms with van der Waals surface area (Å²) in [6.45, 7) is 5.54. The number of hydrogen-bond acceptors (Lipinski definition) is 2. The lowest BCUT2D eigenvalue weighted by Crippen LogP contribution is -2.65. The molecule has 0 fully saturated rings. The second-order valence-electron chi connectivity index (χ2n) is 5.92. The van der Waals surface area contributed by atoms with Crippen LogP contribution in [0, 0.1) is 0 Å². The lowest BCUT2D eigenvalue weighted by molar-refractivity contribution is 0.0365. The zero-order valence-electron chi connectivity index (χ0n) is 13.5. The van der Waals surface area contributed by atoms with Gasteiger partial charge in [-0.05, 0) is 45.0 Å². The standard InChI is InChI=1S/C18H23N3O/c1-4-21-17(22)16-9-6-12-20(16)13-18(21,19-3)15-8-5-7-14(2)10-11-15/h5-6,8-12,19H,4,7,13H2,1-3H3. The van der Waals surface area contributed by atoms with E-state index in [-0.39, 0.29) is 5.91 Å². The molecule has 0 saturated heterocycles. The fraction of sp³-hybridized carbons (Fsp3) is 0.389. The second-order valence-corrected chi connectivity index (χ2v) is 5.92. The summed E-state index contributed by atoms with van der Waals surface area (Å²) in [7, 11) is 1.93. The molecule has 1 atom stereocenters. The minimum absolute atomic E-state index is 0.0762. The van der Waals surface area contributed by atoms with Gasteiger partial charge in [0.15, 0.2) is 0 Å². The van der Waals surface area contributed by atoms with Gasteiger partial charge in [-0.2, -0.15) is 0 Å². The van der Waals surface area contributed by atoms with Crippen LogP contribution in [0.5, 0.6) is 0 Å². The van der Waals surface area contributed by atoms with Crippen LogP contribution >= 0.6 is 0 Å². The fourth-order valence-corrected chi connectivity index (χ4v) is 3.41. The Morgan fingerprint density at radius 3 is 2.91 bits per heavy atom. The van der Waals surface area contributed by atoms with Crippen molar-refractivity contribution in [1.29, 1.82) is 0 Å². The van der Waals surface area contributed by atoms with Gasteiger partial charge in [-0.15, -0.1) is 0 Å². The van der Waals surface area contributed by atoms with Crippen molar-refractivity contribution in [2.45, 2.75) is 32.5 Å². The molecule has 0 saturated carbocycles. The number of amides is 1. The highest BCUT2D eigenvalue weighted by molar-refractivity contribution is 5.94. The molecule has 1 N–H and O–H groups in total. The fourth-order valence-electron chi connectivity index (χ4n) is 3.41. The third-order valence-corrected chi connectivity index (χ3v) is 4.65. The number of allylic oxidation sites excluding steroid dienone is 4. The van der Waals surface area contributed by atoms with Crippen LogP contribution in [0.2, 0.25) is 0 Å². The first-order valence-electron chi connectivity index (χ1n) is 7.83. The van der Waals surface area contributed by atoms with Gasteiger partial charge in [0.1, 0.15) is 11.4 Å². The van der Waals surface area contributed by atoms with Gasteiger partial charge in [0.05, 0.1) is 6.54 Å². The van der Waals surface area contributed by atoms with Crippen molar-refractivity contribution in [3.8, 4) is 0 Å². The topological polar surface area (TPSA) is 37.3 Å². The Labute approximate surface area is 131 Å². The molecule has 0 spiro atoms. The molecule has 1 aromatic heterocycles. The molecule has 0 bridgehead atoms. The zero-order chi connectivity index (χ0) is 15.7. The average Bonchev–Trinajstić information content (AvgIpc) is 2.88. The Morgan fingerprint density at radius 1 is 1.36 bits per heavy atom. The van der Waals surface area contributed by atoms with Gasteiger partial charge in [0, 0.05) is 12.7 Å². The summed E-state index contributed by atoms with van der Waals surface area (Å²) >= 11 is 0. The Kier molecular flexibility index (Phi) is 3.79. The molecule has 1 unspecified atom stereocenters. The highest BCUT2D eigenvalue weighted by Crippen LogP contribution is 2.32. The van der Waals surface area contributed by atoms with Crippen LogP contribution in [-0.2, 0) is 6.54 Å². The van der Waals surface area contributed by atoms with Crippen LogP contribution in [0.15, 0.2) is 53.8 Å². The molecule has 22 heavy (non-hydrogen) atoms. The van der Waals surface area contributed by atoms with E-state index < -0.39 is 5.66 Å². The molecule has 1 aromatic rings. The van der Waals surface area contributed by atoms with E-state index in [2.05, 4.69) is 36.5 Å². The molecule has 4 nitrogen and oxygen atoms in total. The van der Waals surface area contributed by atoms with E-state index in [0.29, 0.717) is 13.1 Å². The van der Waals surface area contributed by atoms with Crippen molar-refractivity contribution < 1.29 is 4.79 Å². The highest BCUT2D eigenvalue weighted by Gasteiger charge is 2.45. The van der Waals surface area contributed by atoms with Gasteiger partial charge >= 0.3 is 0 Å². The van der Waals surface area contributed by atoms with Crippen molar-refractivity contribution in [2.24, 2.45) is 0 Å². The highest BCUT2D eigenvalue weighted by atomic mass is 16.2. The average molecular weight is 297 g/mol. The smallest absolute Gasteiger partial charge is 0.272 e. The van der Waals surface area contributed by atoms with Crippen LogP contribution < -0.4 is 5.32 Å². The molecule has 1 aliphatic carbocycles. The molecule has 0 radical (unpaired) electrons. The van der Waals surface area contributed by atoms with Gasteiger partial charge < -0.3 is 9.47 Å². The Hall–Kier alpha value is -2.07. The summed E-state index contributed by atoms with van der Waals surface area (Å²) in [6, 6.07) is 3.83. The molecule has 0 aromatic carbocycles. The minimum Gasteiger partial charge on any atom is -0.339 e. The first-order chi connectivity index (χ1) is 10.6. The number of hydrogen-bond donors (Lipinski definition) is 1. The van der Waals surface area contributed by atoms with Gasteiger partial charge in [-0.1, -0.05) is 29.9 Å². The molecular weight excluding hydrogens is 274 g/mol. The predicted molar refractivity (Wildman–Crippen MR) is 88.5 cm³/mol. The van der Waals surface area contributed by atoms with E-state index in [0.717, 1.165) is 17.7 Å². The lowest BCUT2D eigenvalue weighted by atomic mass is 9.93. The summed E-state index contributed by atoms with van der Waals surface area (Å²) in [6.07, 6.45) is 11.5. The number of aromatic nitrogens is 1. The van der Waals surface area contributed by atoms with Crippen LogP contribution in [-0.4, -0.2) is 34.6 Å². The predicted octanol–water partition coefficient (Wildman–Crippen LogP) is 2.71. The van der Waals surface area contributed by atoms with Crippen molar-refractivity contribution >= 4 is 5.91 Å². The Morgan fingerprint density at radius 2 is 2.18 bits per heavy atom. The first-order valence-corrected chi connectivity index (χ1v) is 7.83. The van der Waals surface area contributed by atoms with Crippen molar-refractivity contribution in [1.82, 2.24) is 14.8 Å². The SMILES string of the molecule is CCN1C(=O)c2cccn2CC1(NC)C1=CC=C(C)CC=C1. The number of nitrogens with one attached hydrogen (secondary N) is 1. The maximum absolute atomic E-state index is 12.9. The van der Waals surface area contributed by atoms with E-state index in [1.165, 1.54) is 5.57 Å². The number of carbonyl (C=O) groups excluding carboxylic acids is 1. The molecule has 116 valence electrons. The quantitative estimate of drug-likeness (QED) is 0.931. The van der Waals surface area contributed by atoms with E-state index in [4.69, 9.17) is 0 Å². The normalized spacial score (nSPS) is 24.7. The van der Waals surface area contributed by atoms with E-state index in [1.54, 1.807) is 0 Å². The Balaban J connectivity index is 2.14. The first kappa shape index (κ1) is 14.9. The Bertz CT molecular complexity index is 680. The van der Waals surface area contributed by atoms with Crippen LogP contribution in [0.3, 0.4) is 0 Å². The summed E-state index contributed by atoms with van der Waals surface area (Å²) < 4.78 is 2.04. The summed E-state index contributed by atoms with van der Waals surface area (Å²) in [5, 5.41) is 3.43. The third-order valence-electron chi connectivity index (χ3n) is 4.65. The molecule has 4 heteroatoms. The number of carbonyl (C=O) groups is 1. The molecule has 1 amide bonds. The molecule has 1 aliphatic heterocycles. The van der Waals surface area contributed by atoms with Gasteiger partial charge in [-0.3, -0.25) is 10.1 Å². The zero-order valence-corrected chi connectivity index (χ0v) is 13.5. The van der Waals surface area contributed by atoms with E-state index >= 15 is 0 Å². The van der Waals surface area contributed by atoms with Crippen LogP contribution in [0.25, 0.3) is 0 Å². The number of nitrogens with zero attached hydrogens (tertiary/aromatic N) is 2. The molecule has 3 rings (SSSR count). The van der Waals surface area contributed by atoms with E-state index in [1.807, 2.05) is 41.8 Å². The molecule has 2 aliphatic rings. The summed E-state index contributed by atoms with van der Waals surface area (Å²) in [5.41, 5.74) is 2.71. The van der Waals surface area contributed by atoms with Crippen molar-refractivity contribution in [2.75, 3.05) is 13.6 Å². The van der Waals surface area contributed by atoms with Gasteiger partial charge in [-0.25, -0.2) is 0 Å². The monoisotopic (exact) mass is 297 g/mol. The van der Waals surface area contributed by atoms with E-state index in [9.17, 15) is 4.79 Å². The summed E-state index contributed by atoms with van der Waals surface area (Å²) in [5.74, 6) is 0.0762. The maximum Gasteiger partial charge on any atom is 0.272 e. The van der Waals surface area contributed by atoms with Crippen LogP contribution in [0.1, 0.15) is 30.8 Å². The number of likely N-dealkylation sites (N-methyl/N-ethyl adjacent to an activating group) is 2. The van der Waals surface area contributed by atoms with Gasteiger partial charge in [0.25, 0.3) is 5.91 Å². The largest absolute Gasteiger partial charge is 0.339 e.